The molecule has 1 fully saturated rings. The second-order valence-corrected chi connectivity index (χ2v) is 9.19. The maximum Gasteiger partial charge on any atom is 0.269 e. The lowest BCUT2D eigenvalue weighted by Crippen LogP contribution is -2.43. The number of non-ortho nitro benzene ring substituents is 1. The minimum absolute atomic E-state index is 0.0489. The number of carbonyl (C=O) groups excluding carboxylic acids is 1. The number of benzene rings is 2. The molecule has 30 heavy (non-hydrogen) atoms. The fourth-order valence-corrected chi connectivity index (χ4v) is 4.99. The molecule has 3 rings (SSSR count). The second kappa shape index (κ2) is 9.12. The van der Waals surface area contributed by atoms with Crippen molar-refractivity contribution in [1.82, 2.24) is 4.90 Å². The van der Waals surface area contributed by atoms with Crippen LogP contribution in [-0.2, 0) is 21.2 Å². The molecule has 2 aromatic carbocycles. The minimum Gasteiger partial charge on any atom is -0.497 e. The Bertz CT molecular complexity index is 1000. The first-order valence-electron chi connectivity index (χ1n) is 9.27. The van der Waals surface area contributed by atoms with E-state index >= 15 is 0 Å². The van der Waals surface area contributed by atoms with E-state index in [0.29, 0.717) is 17.9 Å². The van der Waals surface area contributed by atoms with Gasteiger partial charge in [-0.15, -0.1) is 0 Å². The average Bonchev–Trinajstić information content (AvgIpc) is 3.10. The summed E-state index contributed by atoms with van der Waals surface area (Å²) in [6.07, 6.45) is 0.377. The molecule has 0 saturated carbocycles. The third kappa shape index (κ3) is 5.47. The van der Waals surface area contributed by atoms with Crippen molar-refractivity contribution >= 4 is 21.4 Å². The standard InChI is InChI=1S/C20H22N2O7S/c1-28-18-6-2-15(3-7-18)12-21(17-10-11-30(26,27)14-17)20(23)13-29-19-8-4-16(5-9-19)22(24)25/h2-9,17H,10-14H2,1H3. The highest BCUT2D eigenvalue weighted by molar-refractivity contribution is 7.91. The van der Waals surface area contributed by atoms with Gasteiger partial charge >= 0.3 is 0 Å². The summed E-state index contributed by atoms with van der Waals surface area (Å²) in [5, 5.41) is 10.7. The Morgan fingerprint density at radius 1 is 1.13 bits per heavy atom. The largest absolute Gasteiger partial charge is 0.497 e. The third-order valence-electron chi connectivity index (χ3n) is 4.89. The molecule has 1 heterocycles. The predicted molar refractivity (Wildman–Crippen MR) is 109 cm³/mol. The van der Waals surface area contributed by atoms with Crippen molar-refractivity contribution in [3.8, 4) is 11.5 Å². The average molecular weight is 434 g/mol. The van der Waals surface area contributed by atoms with Crippen molar-refractivity contribution in [3.63, 3.8) is 0 Å². The smallest absolute Gasteiger partial charge is 0.269 e. The molecule has 0 N–H and O–H groups in total. The summed E-state index contributed by atoms with van der Waals surface area (Å²) in [5.41, 5.74) is 0.759. The maximum absolute atomic E-state index is 12.9. The molecule has 0 aromatic heterocycles. The molecule has 0 radical (unpaired) electrons. The van der Waals surface area contributed by atoms with E-state index in [4.69, 9.17) is 9.47 Å². The van der Waals surface area contributed by atoms with E-state index in [-0.39, 0.29) is 36.3 Å². The Morgan fingerprint density at radius 2 is 1.77 bits per heavy atom. The first-order valence-corrected chi connectivity index (χ1v) is 11.1. The van der Waals surface area contributed by atoms with Gasteiger partial charge in [-0.25, -0.2) is 8.42 Å². The van der Waals surface area contributed by atoms with Gasteiger partial charge in [0.25, 0.3) is 11.6 Å². The molecule has 1 aliphatic rings. The Kier molecular flexibility index (Phi) is 6.56. The monoisotopic (exact) mass is 434 g/mol. The van der Waals surface area contributed by atoms with Crippen LogP contribution >= 0.6 is 0 Å². The molecular weight excluding hydrogens is 412 g/mol. The number of sulfone groups is 1. The Morgan fingerprint density at radius 3 is 2.30 bits per heavy atom. The molecule has 2 aromatic rings. The fourth-order valence-electron chi connectivity index (χ4n) is 3.26. The highest BCUT2D eigenvalue weighted by Crippen LogP contribution is 2.22. The first kappa shape index (κ1) is 21.6. The predicted octanol–water partition coefficient (Wildman–Crippen LogP) is 2.20. The molecule has 1 unspecified atom stereocenters. The number of amides is 1. The van der Waals surface area contributed by atoms with E-state index in [2.05, 4.69) is 0 Å². The molecule has 0 spiro atoms. The zero-order chi connectivity index (χ0) is 21.7. The quantitative estimate of drug-likeness (QED) is 0.462. The zero-order valence-corrected chi connectivity index (χ0v) is 17.2. The molecule has 1 atom stereocenters. The summed E-state index contributed by atoms with van der Waals surface area (Å²) in [4.78, 5) is 24.6. The van der Waals surface area contributed by atoms with Crippen LogP contribution in [0.2, 0.25) is 0 Å². The number of hydrogen-bond acceptors (Lipinski definition) is 7. The summed E-state index contributed by atoms with van der Waals surface area (Å²) >= 11 is 0. The van der Waals surface area contributed by atoms with Gasteiger partial charge in [0.15, 0.2) is 16.4 Å². The van der Waals surface area contributed by atoms with E-state index in [0.717, 1.165) is 5.56 Å². The first-order chi connectivity index (χ1) is 14.3. The summed E-state index contributed by atoms with van der Waals surface area (Å²) in [5.74, 6) is 0.616. The van der Waals surface area contributed by atoms with Gasteiger partial charge in [0.2, 0.25) is 0 Å². The van der Waals surface area contributed by atoms with E-state index in [1.165, 1.54) is 29.2 Å². The highest BCUT2D eigenvalue weighted by atomic mass is 32.2. The molecular formula is C20H22N2O7S. The molecule has 1 amide bonds. The lowest BCUT2D eigenvalue weighted by Gasteiger charge is -2.28. The van der Waals surface area contributed by atoms with E-state index in [1.54, 1.807) is 19.2 Å². The van der Waals surface area contributed by atoms with E-state index < -0.39 is 20.8 Å². The van der Waals surface area contributed by atoms with Crippen molar-refractivity contribution in [2.45, 2.75) is 19.0 Å². The van der Waals surface area contributed by atoms with Gasteiger partial charge in [-0.05, 0) is 36.2 Å². The van der Waals surface area contributed by atoms with Crippen LogP contribution in [-0.4, -0.2) is 55.4 Å². The van der Waals surface area contributed by atoms with Crippen molar-refractivity contribution in [2.24, 2.45) is 0 Å². The van der Waals surface area contributed by atoms with E-state index in [9.17, 15) is 23.3 Å². The number of nitrogens with zero attached hydrogens (tertiary/aromatic N) is 2. The number of hydrogen-bond donors (Lipinski definition) is 0. The summed E-state index contributed by atoms with van der Waals surface area (Å²) in [6, 6.07) is 12.2. The Hall–Kier alpha value is -3.14. The van der Waals surface area contributed by atoms with Crippen LogP contribution in [0.1, 0.15) is 12.0 Å². The second-order valence-electron chi connectivity index (χ2n) is 6.97. The van der Waals surface area contributed by atoms with Gasteiger partial charge < -0.3 is 14.4 Å². The third-order valence-corrected chi connectivity index (χ3v) is 6.64. The summed E-state index contributed by atoms with van der Waals surface area (Å²) in [7, 11) is -1.62. The van der Waals surface area contributed by atoms with Crippen LogP contribution in [0.4, 0.5) is 5.69 Å². The van der Waals surface area contributed by atoms with Gasteiger partial charge in [-0.3, -0.25) is 14.9 Å². The van der Waals surface area contributed by atoms with Crippen LogP contribution in [0.5, 0.6) is 11.5 Å². The minimum atomic E-state index is -3.18. The topological polar surface area (TPSA) is 116 Å². The van der Waals surface area contributed by atoms with Crippen molar-refractivity contribution in [2.75, 3.05) is 25.2 Å². The summed E-state index contributed by atoms with van der Waals surface area (Å²) in [6.45, 7) is -0.0584. The number of nitro groups is 1. The number of nitro benzene ring substituents is 1. The van der Waals surface area contributed by atoms with Crippen molar-refractivity contribution < 1.29 is 27.6 Å². The maximum atomic E-state index is 12.9. The number of carbonyl (C=O) groups is 1. The molecule has 160 valence electrons. The molecule has 0 aliphatic carbocycles. The highest BCUT2D eigenvalue weighted by Gasteiger charge is 2.34. The van der Waals surface area contributed by atoms with Crippen molar-refractivity contribution in [3.05, 3.63) is 64.2 Å². The fraction of sp³-hybridized carbons (Fsp3) is 0.350. The van der Waals surface area contributed by atoms with Crippen LogP contribution < -0.4 is 9.47 Å². The van der Waals surface area contributed by atoms with Gasteiger partial charge in [-0.1, -0.05) is 12.1 Å². The number of ether oxygens (including phenoxy) is 2. The Balaban J connectivity index is 1.71. The van der Waals surface area contributed by atoms with Gasteiger partial charge in [0.1, 0.15) is 11.5 Å². The molecule has 1 aliphatic heterocycles. The van der Waals surface area contributed by atoms with Gasteiger partial charge in [0, 0.05) is 24.7 Å². The Labute approximate surface area is 174 Å². The molecule has 1 saturated heterocycles. The molecule has 9 nitrogen and oxygen atoms in total. The number of methoxy groups -OCH3 is 1. The van der Waals surface area contributed by atoms with E-state index in [1.807, 2.05) is 12.1 Å². The van der Waals surface area contributed by atoms with Gasteiger partial charge in [0.05, 0.1) is 23.5 Å². The van der Waals surface area contributed by atoms with Crippen molar-refractivity contribution in [1.29, 1.82) is 0 Å². The SMILES string of the molecule is COc1ccc(CN(C(=O)COc2ccc([N+](=O)[O-])cc2)C2CCS(=O)(=O)C2)cc1. The number of rotatable bonds is 8. The molecule has 0 bridgehead atoms. The van der Waals surface area contributed by atoms with Gasteiger partial charge in [-0.2, -0.15) is 0 Å². The lowest BCUT2D eigenvalue weighted by atomic mass is 10.1. The zero-order valence-electron chi connectivity index (χ0n) is 16.4. The molecule has 10 heteroatoms. The van der Waals surface area contributed by atoms with Crippen LogP contribution in [0, 0.1) is 10.1 Å². The van der Waals surface area contributed by atoms with Crippen LogP contribution in [0.3, 0.4) is 0 Å². The lowest BCUT2D eigenvalue weighted by molar-refractivity contribution is -0.384. The van der Waals surface area contributed by atoms with Crippen LogP contribution in [0.25, 0.3) is 0 Å². The normalized spacial score (nSPS) is 17.3. The summed E-state index contributed by atoms with van der Waals surface area (Å²) < 4.78 is 34.5. The van der Waals surface area contributed by atoms with Crippen LogP contribution in [0.15, 0.2) is 48.5 Å².